The topological polar surface area (TPSA) is 53.3 Å². The Hall–Kier alpha value is -2.22. The highest BCUT2D eigenvalue weighted by atomic mass is 35.5. The highest BCUT2D eigenvalue weighted by molar-refractivity contribution is 6.36. The monoisotopic (exact) mass is 376 g/mol. The Morgan fingerprint density at radius 3 is 2.36 bits per heavy atom. The van der Waals surface area contributed by atoms with Gasteiger partial charge in [-0.2, -0.15) is 5.26 Å². The molecule has 0 heterocycles. The molecule has 0 spiro atoms. The standard InChI is InChI=1S/C19H18Cl2N2O2/c1-2-25-15-9-7-14(8-10-15)23(12-4-11-22)19(24)13-16-17(20)5-3-6-18(16)21/h3,5-10H,2,4,12-13H2,1H3. The van der Waals surface area contributed by atoms with Crippen molar-refractivity contribution in [2.45, 2.75) is 19.8 Å². The normalized spacial score (nSPS) is 10.2. The summed E-state index contributed by atoms with van der Waals surface area (Å²) in [4.78, 5) is 14.4. The van der Waals surface area contributed by atoms with Gasteiger partial charge in [-0.3, -0.25) is 4.79 Å². The van der Waals surface area contributed by atoms with E-state index >= 15 is 0 Å². The van der Waals surface area contributed by atoms with Crippen molar-refractivity contribution in [1.82, 2.24) is 0 Å². The third-order valence-corrected chi connectivity index (χ3v) is 4.31. The van der Waals surface area contributed by atoms with Crippen LogP contribution in [-0.2, 0) is 11.2 Å². The van der Waals surface area contributed by atoms with E-state index in [1.165, 1.54) is 0 Å². The van der Waals surface area contributed by atoms with Crippen LogP contribution in [0.3, 0.4) is 0 Å². The number of amides is 1. The van der Waals surface area contributed by atoms with Gasteiger partial charge in [0.25, 0.3) is 0 Å². The number of halogens is 2. The number of benzene rings is 2. The Morgan fingerprint density at radius 2 is 1.80 bits per heavy atom. The molecule has 4 nitrogen and oxygen atoms in total. The molecule has 0 aliphatic rings. The third kappa shape index (κ3) is 5.12. The second-order valence-corrected chi connectivity index (χ2v) is 6.07. The van der Waals surface area contributed by atoms with Crippen LogP contribution in [0.25, 0.3) is 0 Å². The van der Waals surface area contributed by atoms with Gasteiger partial charge in [-0.05, 0) is 48.9 Å². The fraction of sp³-hybridized carbons (Fsp3) is 0.263. The van der Waals surface area contributed by atoms with Crippen molar-refractivity contribution in [2.24, 2.45) is 0 Å². The number of hydrogen-bond donors (Lipinski definition) is 0. The molecule has 0 fully saturated rings. The van der Waals surface area contributed by atoms with E-state index in [-0.39, 0.29) is 18.7 Å². The lowest BCUT2D eigenvalue weighted by Crippen LogP contribution is -2.33. The summed E-state index contributed by atoms with van der Waals surface area (Å²) in [6.45, 7) is 2.77. The second-order valence-electron chi connectivity index (χ2n) is 5.26. The Bertz CT molecular complexity index is 750. The number of nitriles is 1. The zero-order valence-electron chi connectivity index (χ0n) is 13.8. The number of rotatable bonds is 7. The Labute approximate surface area is 157 Å². The maximum absolute atomic E-state index is 12.8. The van der Waals surface area contributed by atoms with Crippen LogP contribution in [0.2, 0.25) is 10.0 Å². The number of carbonyl (C=O) groups is 1. The SMILES string of the molecule is CCOc1ccc(N(CCC#N)C(=O)Cc2c(Cl)cccc2Cl)cc1. The molecule has 0 atom stereocenters. The molecule has 1 amide bonds. The fourth-order valence-electron chi connectivity index (χ4n) is 2.40. The summed E-state index contributed by atoms with van der Waals surface area (Å²) in [6.07, 6.45) is 0.298. The minimum atomic E-state index is -0.172. The molecular formula is C19H18Cl2N2O2. The summed E-state index contributed by atoms with van der Waals surface area (Å²) in [7, 11) is 0. The molecule has 0 saturated heterocycles. The van der Waals surface area contributed by atoms with Crippen LogP contribution >= 0.6 is 23.2 Å². The lowest BCUT2D eigenvalue weighted by atomic mass is 10.1. The van der Waals surface area contributed by atoms with Crippen molar-refractivity contribution in [3.05, 3.63) is 58.1 Å². The average molecular weight is 377 g/mol. The molecular weight excluding hydrogens is 359 g/mol. The van der Waals surface area contributed by atoms with E-state index in [0.29, 0.717) is 34.4 Å². The van der Waals surface area contributed by atoms with E-state index in [1.807, 2.05) is 6.92 Å². The first kappa shape index (κ1) is 19.1. The molecule has 0 bridgehead atoms. The van der Waals surface area contributed by atoms with Crippen LogP contribution < -0.4 is 9.64 Å². The Morgan fingerprint density at radius 1 is 1.16 bits per heavy atom. The Balaban J connectivity index is 2.24. The maximum Gasteiger partial charge on any atom is 0.231 e. The third-order valence-electron chi connectivity index (χ3n) is 3.60. The van der Waals surface area contributed by atoms with E-state index in [0.717, 1.165) is 5.75 Å². The molecule has 25 heavy (non-hydrogen) atoms. The summed E-state index contributed by atoms with van der Waals surface area (Å²) in [5.41, 5.74) is 1.29. The molecule has 2 aromatic carbocycles. The van der Waals surface area contributed by atoms with Crippen LogP contribution in [-0.4, -0.2) is 19.1 Å². The van der Waals surface area contributed by atoms with Crippen molar-refractivity contribution in [1.29, 1.82) is 5.26 Å². The van der Waals surface area contributed by atoms with Crippen LogP contribution in [0.4, 0.5) is 5.69 Å². The number of anilines is 1. The van der Waals surface area contributed by atoms with Crippen molar-refractivity contribution < 1.29 is 9.53 Å². The molecule has 130 valence electrons. The van der Waals surface area contributed by atoms with Crippen molar-refractivity contribution in [3.63, 3.8) is 0 Å². The van der Waals surface area contributed by atoms with Gasteiger partial charge in [0.05, 0.1) is 25.5 Å². The predicted octanol–water partition coefficient (Wildman–Crippen LogP) is 4.88. The van der Waals surface area contributed by atoms with Gasteiger partial charge >= 0.3 is 0 Å². The lowest BCUT2D eigenvalue weighted by Gasteiger charge is -2.22. The average Bonchev–Trinajstić information content (AvgIpc) is 2.60. The highest BCUT2D eigenvalue weighted by Crippen LogP contribution is 2.27. The molecule has 6 heteroatoms. The molecule has 0 unspecified atom stereocenters. The number of ether oxygens (including phenoxy) is 1. The zero-order chi connectivity index (χ0) is 18.2. The molecule has 2 aromatic rings. The molecule has 0 aliphatic heterocycles. The molecule has 0 N–H and O–H groups in total. The van der Waals surface area contributed by atoms with E-state index < -0.39 is 0 Å². The first-order chi connectivity index (χ1) is 12.1. The van der Waals surface area contributed by atoms with Gasteiger partial charge in [-0.25, -0.2) is 0 Å². The molecule has 0 radical (unpaired) electrons. The molecule has 0 saturated carbocycles. The van der Waals surface area contributed by atoms with Gasteiger partial charge in [0.1, 0.15) is 5.75 Å². The summed E-state index contributed by atoms with van der Waals surface area (Å²) in [6, 6.07) is 14.4. The van der Waals surface area contributed by atoms with Crippen molar-refractivity contribution >= 4 is 34.8 Å². The van der Waals surface area contributed by atoms with Gasteiger partial charge in [-0.15, -0.1) is 0 Å². The molecule has 0 aliphatic carbocycles. The summed E-state index contributed by atoms with van der Waals surface area (Å²) in [5.74, 6) is 0.558. The van der Waals surface area contributed by atoms with E-state index in [4.69, 9.17) is 33.2 Å². The number of nitrogens with zero attached hydrogens (tertiary/aromatic N) is 2. The predicted molar refractivity (Wildman–Crippen MR) is 100 cm³/mol. The van der Waals surface area contributed by atoms with Crippen LogP contribution in [0.15, 0.2) is 42.5 Å². The van der Waals surface area contributed by atoms with Crippen LogP contribution in [0.1, 0.15) is 18.9 Å². The minimum absolute atomic E-state index is 0.0666. The summed E-state index contributed by atoms with van der Waals surface area (Å²) >= 11 is 12.3. The quantitative estimate of drug-likeness (QED) is 0.691. The van der Waals surface area contributed by atoms with E-state index in [9.17, 15) is 4.79 Å². The van der Waals surface area contributed by atoms with Gasteiger partial charge in [0, 0.05) is 22.3 Å². The minimum Gasteiger partial charge on any atom is -0.494 e. The highest BCUT2D eigenvalue weighted by Gasteiger charge is 2.19. The Kier molecular flexibility index (Phi) is 7.12. The fourth-order valence-corrected chi connectivity index (χ4v) is 2.93. The zero-order valence-corrected chi connectivity index (χ0v) is 15.3. The number of hydrogen-bond acceptors (Lipinski definition) is 3. The number of carbonyl (C=O) groups excluding carboxylic acids is 1. The summed E-state index contributed by atoms with van der Waals surface area (Å²) in [5, 5.41) is 9.79. The largest absolute Gasteiger partial charge is 0.494 e. The first-order valence-corrected chi connectivity index (χ1v) is 8.65. The second kappa shape index (κ2) is 9.31. The van der Waals surface area contributed by atoms with Gasteiger partial charge in [0.2, 0.25) is 5.91 Å². The lowest BCUT2D eigenvalue weighted by molar-refractivity contribution is -0.118. The van der Waals surface area contributed by atoms with E-state index in [1.54, 1.807) is 47.4 Å². The van der Waals surface area contributed by atoms with Crippen molar-refractivity contribution in [2.75, 3.05) is 18.1 Å². The van der Waals surface area contributed by atoms with Crippen LogP contribution in [0.5, 0.6) is 5.75 Å². The van der Waals surface area contributed by atoms with Crippen molar-refractivity contribution in [3.8, 4) is 11.8 Å². The summed E-state index contributed by atoms with van der Waals surface area (Å²) < 4.78 is 5.42. The molecule has 2 rings (SSSR count). The van der Waals surface area contributed by atoms with Gasteiger partial charge in [-0.1, -0.05) is 29.3 Å². The van der Waals surface area contributed by atoms with Crippen LogP contribution in [0, 0.1) is 11.3 Å². The van der Waals surface area contributed by atoms with Gasteiger partial charge in [0.15, 0.2) is 0 Å². The smallest absolute Gasteiger partial charge is 0.231 e. The van der Waals surface area contributed by atoms with Gasteiger partial charge < -0.3 is 9.64 Å². The van der Waals surface area contributed by atoms with E-state index in [2.05, 4.69) is 6.07 Å². The first-order valence-electron chi connectivity index (χ1n) is 7.90. The maximum atomic E-state index is 12.8. The molecule has 0 aromatic heterocycles.